The third kappa shape index (κ3) is 65.8. The minimum Gasteiger partial charge on any atom is -0.462 e. The van der Waals surface area contributed by atoms with Crippen molar-refractivity contribution < 1.29 is 80.2 Å². The molecule has 19 heteroatoms. The van der Waals surface area contributed by atoms with Gasteiger partial charge >= 0.3 is 39.5 Å². The lowest BCUT2D eigenvalue weighted by molar-refractivity contribution is -0.161. The molecule has 3 N–H and O–H groups in total. The number of carbonyl (C=O) groups is 4. The highest BCUT2D eigenvalue weighted by atomic mass is 31.2. The van der Waals surface area contributed by atoms with Gasteiger partial charge in [0.25, 0.3) is 0 Å². The van der Waals surface area contributed by atoms with Crippen LogP contribution in [0, 0.1) is 23.7 Å². The van der Waals surface area contributed by atoms with Crippen LogP contribution < -0.4 is 0 Å². The van der Waals surface area contributed by atoms with Crippen molar-refractivity contribution in [2.75, 3.05) is 39.6 Å². The van der Waals surface area contributed by atoms with Gasteiger partial charge in [-0.1, -0.05) is 319 Å². The monoisotopic (exact) mass is 1370 g/mol. The Balaban J connectivity index is 5.28. The second-order valence-corrected chi connectivity index (χ2v) is 31.0. The van der Waals surface area contributed by atoms with E-state index in [0.29, 0.717) is 25.7 Å². The molecule has 0 aliphatic heterocycles. The number of aliphatic hydroxyl groups is 1. The standard InChI is InChI=1S/C74H144O17P2/c1-9-66(7)52-44-36-28-22-24-31-39-47-55-72(77)85-61-70(91-74(79)57-49-41-33-25-23-29-37-45-53-67(8)10-2)63-89-93(82,83)87-59-68(75)58-86-92(80,81)88-62-69(60-84-71(76)54-46-38-30-20-17-16-19-27-35-43-51-65(5)6)90-73(78)56-48-40-32-21-15-13-11-12-14-18-26-34-42-50-64(3)4/h64-70,75H,9-63H2,1-8H3,(H,80,81)(H,82,83)/t66?,67?,68-,69-,70-/m1/s1. The minimum atomic E-state index is -4.96. The van der Waals surface area contributed by atoms with E-state index in [4.69, 9.17) is 37.0 Å². The Labute approximate surface area is 568 Å². The van der Waals surface area contributed by atoms with Gasteiger partial charge in [0.2, 0.25) is 0 Å². The van der Waals surface area contributed by atoms with Crippen LogP contribution in [0.1, 0.15) is 370 Å². The van der Waals surface area contributed by atoms with Gasteiger partial charge in [0, 0.05) is 25.7 Å². The molecule has 0 aromatic rings. The van der Waals surface area contributed by atoms with Crippen molar-refractivity contribution in [3.63, 3.8) is 0 Å². The fourth-order valence-electron chi connectivity index (χ4n) is 11.1. The van der Waals surface area contributed by atoms with Crippen molar-refractivity contribution in [1.82, 2.24) is 0 Å². The molecule has 0 fully saturated rings. The second-order valence-electron chi connectivity index (χ2n) is 28.1. The zero-order valence-electron chi connectivity index (χ0n) is 60.9. The molecule has 0 bridgehead atoms. The molecule has 552 valence electrons. The number of phosphoric ester groups is 2. The summed E-state index contributed by atoms with van der Waals surface area (Å²) in [5.41, 5.74) is 0. The number of hydrogen-bond acceptors (Lipinski definition) is 15. The molecular weight excluding hydrogens is 1220 g/mol. The summed E-state index contributed by atoms with van der Waals surface area (Å²) in [5, 5.41) is 10.6. The van der Waals surface area contributed by atoms with Crippen LogP contribution in [0.5, 0.6) is 0 Å². The number of phosphoric acid groups is 2. The first-order valence-corrected chi connectivity index (χ1v) is 41.3. The number of carbonyl (C=O) groups excluding carboxylic acids is 4. The van der Waals surface area contributed by atoms with Crippen molar-refractivity contribution in [3.8, 4) is 0 Å². The molecule has 0 radical (unpaired) electrons. The fourth-order valence-corrected chi connectivity index (χ4v) is 12.7. The van der Waals surface area contributed by atoms with E-state index in [1.807, 2.05) is 0 Å². The summed E-state index contributed by atoms with van der Waals surface area (Å²) in [6.07, 6.45) is 47.0. The van der Waals surface area contributed by atoms with E-state index in [2.05, 4.69) is 55.4 Å². The van der Waals surface area contributed by atoms with Crippen molar-refractivity contribution in [3.05, 3.63) is 0 Å². The Bertz CT molecular complexity index is 1840. The Morgan fingerprint density at radius 1 is 0.301 bits per heavy atom. The van der Waals surface area contributed by atoms with E-state index in [1.54, 1.807) is 0 Å². The van der Waals surface area contributed by atoms with Gasteiger partial charge in [-0.3, -0.25) is 37.3 Å². The summed E-state index contributed by atoms with van der Waals surface area (Å²) >= 11 is 0. The summed E-state index contributed by atoms with van der Waals surface area (Å²) in [5.74, 6) is 0.968. The number of esters is 4. The normalized spacial score (nSPS) is 14.8. The third-order valence-electron chi connectivity index (χ3n) is 17.8. The average Bonchev–Trinajstić information content (AvgIpc) is 1.85. The lowest BCUT2D eigenvalue weighted by atomic mass is 9.99. The highest BCUT2D eigenvalue weighted by Crippen LogP contribution is 2.45. The van der Waals surface area contributed by atoms with Crippen LogP contribution in [-0.4, -0.2) is 96.7 Å². The predicted molar refractivity (Wildman–Crippen MR) is 377 cm³/mol. The molecule has 0 aliphatic carbocycles. The van der Waals surface area contributed by atoms with E-state index in [1.165, 1.54) is 173 Å². The molecule has 0 spiro atoms. The fraction of sp³-hybridized carbons (Fsp3) is 0.946. The van der Waals surface area contributed by atoms with Gasteiger partial charge in [0.05, 0.1) is 26.4 Å². The molecule has 0 aromatic heterocycles. The molecule has 0 rings (SSSR count). The zero-order valence-corrected chi connectivity index (χ0v) is 62.7. The quantitative estimate of drug-likeness (QED) is 0.0222. The van der Waals surface area contributed by atoms with Gasteiger partial charge in [0.1, 0.15) is 19.3 Å². The molecule has 7 atom stereocenters. The Morgan fingerprint density at radius 2 is 0.516 bits per heavy atom. The van der Waals surface area contributed by atoms with E-state index in [0.717, 1.165) is 114 Å². The first-order valence-electron chi connectivity index (χ1n) is 38.3. The minimum absolute atomic E-state index is 0.104. The number of unbranched alkanes of at least 4 members (excludes halogenated alkanes) is 35. The highest BCUT2D eigenvalue weighted by Gasteiger charge is 2.30. The van der Waals surface area contributed by atoms with E-state index in [9.17, 15) is 43.2 Å². The summed E-state index contributed by atoms with van der Waals surface area (Å²) in [7, 11) is -9.91. The molecule has 17 nitrogen and oxygen atoms in total. The smallest absolute Gasteiger partial charge is 0.462 e. The van der Waals surface area contributed by atoms with Crippen LogP contribution in [0.2, 0.25) is 0 Å². The molecule has 0 saturated heterocycles. The van der Waals surface area contributed by atoms with Crippen LogP contribution >= 0.6 is 15.6 Å². The lowest BCUT2D eigenvalue weighted by Gasteiger charge is -2.21. The number of rotatable bonds is 71. The van der Waals surface area contributed by atoms with E-state index < -0.39 is 97.5 Å². The molecule has 0 amide bonds. The molecule has 0 heterocycles. The van der Waals surface area contributed by atoms with Crippen LogP contribution in [0.4, 0.5) is 0 Å². The van der Waals surface area contributed by atoms with Crippen LogP contribution in [0.3, 0.4) is 0 Å². The summed E-state index contributed by atoms with van der Waals surface area (Å²) in [6, 6.07) is 0. The Kier molecular flexibility index (Phi) is 62.2. The number of ether oxygens (including phenoxy) is 4. The zero-order chi connectivity index (χ0) is 68.9. The lowest BCUT2D eigenvalue weighted by Crippen LogP contribution is -2.30. The van der Waals surface area contributed by atoms with Gasteiger partial charge < -0.3 is 33.8 Å². The Hall–Kier alpha value is -1.94. The van der Waals surface area contributed by atoms with E-state index in [-0.39, 0.29) is 25.7 Å². The van der Waals surface area contributed by atoms with Crippen molar-refractivity contribution in [2.45, 2.75) is 388 Å². The van der Waals surface area contributed by atoms with Crippen molar-refractivity contribution in [1.29, 1.82) is 0 Å². The molecule has 0 aliphatic rings. The number of aliphatic hydroxyl groups excluding tert-OH is 1. The molecule has 0 saturated carbocycles. The maximum Gasteiger partial charge on any atom is 0.472 e. The molecule has 4 unspecified atom stereocenters. The summed E-state index contributed by atoms with van der Waals surface area (Å²) < 4.78 is 68.5. The molecule has 93 heavy (non-hydrogen) atoms. The van der Waals surface area contributed by atoms with Crippen molar-refractivity contribution >= 4 is 39.5 Å². The average molecular weight is 1370 g/mol. The summed E-state index contributed by atoms with van der Waals surface area (Å²) in [4.78, 5) is 72.8. The third-order valence-corrected chi connectivity index (χ3v) is 19.7. The number of hydrogen-bond donors (Lipinski definition) is 3. The second kappa shape index (κ2) is 63.5. The van der Waals surface area contributed by atoms with Crippen LogP contribution in [-0.2, 0) is 65.4 Å². The SMILES string of the molecule is CCC(C)CCCCCCCCCCC(=O)OC[C@H](COP(=O)(O)OC[C@H](O)COP(=O)(O)OC[C@@H](COC(=O)CCCCCCCCCCCCC(C)C)OC(=O)CCCCCCCCCCCCCCCC(C)C)OC(=O)CCCCCCCCCCC(C)CC. The van der Waals surface area contributed by atoms with Crippen LogP contribution in [0.15, 0.2) is 0 Å². The largest absolute Gasteiger partial charge is 0.472 e. The maximum absolute atomic E-state index is 13.1. The molecule has 0 aromatic carbocycles. The molecular formula is C74H144O17P2. The van der Waals surface area contributed by atoms with E-state index >= 15 is 0 Å². The van der Waals surface area contributed by atoms with Gasteiger partial charge in [-0.15, -0.1) is 0 Å². The Morgan fingerprint density at radius 3 is 0.763 bits per heavy atom. The van der Waals surface area contributed by atoms with Gasteiger partial charge in [-0.2, -0.15) is 0 Å². The topological polar surface area (TPSA) is 237 Å². The highest BCUT2D eigenvalue weighted by molar-refractivity contribution is 7.47. The van der Waals surface area contributed by atoms with Gasteiger partial charge in [-0.25, -0.2) is 9.13 Å². The summed E-state index contributed by atoms with van der Waals surface area (Å²) in [6.45, 7) is 14.2. The first kappa shape index (κ1) is 91.1. The van der Waals surface area contributed by atoms with Crippen molar-refractivity contribution in [2.24, 2.45) is 23.7 Å². The first-order chi connectivity index (χ1) is 44.7. The van der Waals surface area contributed by atoms with Gasteiger partial charge in [0.15, 0.2) is 12.2 Å². The van der Waals surface area contributed by atoms with Crippen LogP contribution in [0.25, 0.3) is 0 Å². The predicted octanol–water partition coefficient (Wildman–Crippen LogP) is 21.3. The maximum atomic E-state index is 13.1. The van der Waals surface area contributed by atoms with Gasteiger partial charge in [-0.05, 0) is 49.4 Å².